The predicted molar refractivity (Wildman–Crippen MR) is 60.4 cm³/mol. The van der Waals surface area contributed by atoms with Crippen molar-refractivity contribution in [1.29, 1.82) is 5.26 Å². The van der Waals surface area contributed by atoms with Crippen LogP contribution in [0, 0.1) is 17.1 Å². The summed E-state index contributed by atoms with van der Waals surface area (Å²) in [7, 11) is 0. The molecule has 1 aromatic heterocycles. The number of hydrogen-bond acceptors (Lipinski definition) is 3. The molecule has 0 amide bonds. The van der Waals surface area contributed by atoms with E-state index in [0.29, 0.717) is 17.2 Å². The lowest BCUT2D eigenvalue weighted by atomic mass is 10.3. The third-order valence-electron chi connectivity index (χ3n) is 1.98. The monoisotopic (exact) mass is 248 g/mol. The van der Waals surface area contributed by atoms with Gasteiger partial charge in [0, 0.05) is 6.07 Å². The van der Waals surface area contributed by atoms with Gasteiger partial charge < -0.3 is 4.74 Å². The second-order valence-corrected chi connectivity index (χ2v) is 3.58. The number of hydrogen-bond donors (Lipinski definition) is 0. The van der Waals surface area contributed by atoms with Crippen LogP contribution in [0.1, 0.15) is 5.69 Å². The number of rotatable bonds is 2. The fourth-order valence-corrected chi connectivity index (χ4v) is 1.35. The lowest BCUT2D eigenvalue weighted by molar-refractivity contribution is 0.478. The SMILES string of the molecule is N#Cc1ccc(Oc2ccc(F)c(Cl)c2)cn1. The minimum Gasteiger partial charge on any atom is -0.456 e. The summed E-state index contributed by atoms with van der Waals surface area (Å²) in [6.07, 6.45) is 1.41. The lowest BCUT2D eigenvalue weighted by Gasteiger charge is -2.05. The van der Waals surface area contributed by atoms with E-state index in [1.54, 1.807) is 6.07 Å². The molecule has 3 nitrogen and oxygen atoms in total. The van der Waals surface area contributed by atoms with Crippen molar-refractivity contribution < 1.29 is 9.13 Å². The topological polar surface area (TPSA) is 45.9 Å². The number of nitrogens with zero attached hydrogens (tertiary/aromatic N) is 2. The second kappa shape index (κ2) is 4.81. The van der Waals surface area contributed by atoms with Crippen LogP contribution < -0.4 is 4.74 Å². The van der Waals surface area contributed by atoms with Gasteiger partial charge in [-0.15, -0.1) is 0 Å². The fraction of sp³-hybridized carbons (Fsp3) is 0. The van der Waals surface area contributed by atoms with Crippen LogP contribution in [0.4, 0.5) is 4.39 Å². The van der Waals surface area contributed by atoms with Crippen molar-refractivity contribution in [3.63, 3.8) is 0 Å². The molecule has 5 heteroatoms. The van der Waals surface area contributed by atoms with E-state index in [-0.39, 0.29) is 5.02 Å². The Hall–Kier alpha value is -2.12. The highest BCUT2D eigenvalue weighted by Gasteiger charge is 2.03. The van der Waals surface area contributed by atoms with E-state index in [0.717, 1.165) is 0 Å². The zero-order chi connectivity index (χ0) is 12.3. The second-order valence-electron chi connectivity index (χ2n) is 3.17. The maximum atomic E-state index is 12.9. The van der Waals surface area contributed by atoms with Gasteiger partial charge in [0.25, 0.3) is 0 Å². The summed E-state index contributed by atoms with van der Waals surface area (Å²) in [5, 5.41) is 8.56. The molecule has 0 saturated heterocycles. The molecule has 1 aromatic carbocycles. The van der Waals surface area contributed by atoms with Crippen LogP contribution in [0.2, 0.25) is 5.02 Å². The lowest BCUT2D eigenvalue weighted by Crippen LogP contribution is -1.88. The van der Waals surface area contributed by atoms with Crippen molar-refractivity contribution in [2.24, 2.45) is 0 Å². The summed E-state index contributed by atoms with van der Waals surface area (Å²) in [4.78, 5) is 3.84. The summed E-state index contributed by atoms with van der Waals surface area (Å²) in [6, 6.07) is 9.07. The summed E-state index contributed by atoms with van der Waals surface area (Å²) >= 11 is 5.61. The van der Waals surface area contributed by atoms with Crippen LogP contribution >= 0.6 is 11.6 Å². The molecule has 1 heterocycles. The Morgan fingerprint density at radius 3 is 2.59 bits per heavy atom. The highest BCUT2D eigenvalue weighted by atomic mass is 35.5. The van der Waals surface area contributed by atoms with Gasteiger partial charge in [-0.1, -0.05) is 11.6 Å². The Morgan fingerprint density at radius 2 is 2.00 bits per heavy atom. The third-order valence-corrected chi connectivity index (χ3v) is 2.27. The zero-order valence-electron chi connectivity index (χ0n) is 8.52. The predicted octanol–water partition coefficient (Wildman–Crippen LogP) is 3.54. The summed E-state index contributed by atoms with van der Waals surface area (Å²) in [5.41, 5.74) is 0.300. The molecule has 17 heavy (non-hydrogen) atoms. The van der Waals surface area contributed by atoms with E-state index in [9.17, 15) is 4.39 Å². The van der Waals surface area contributed by atoms with E-state index < -0.39 is 5.82 Å². The van der Waals surface area contributed by atoms with E-state index in [2.05, 4.69) is 4.98 Å². The Balaban J connectivity index is 2.20. The highest BCUT2D eigenvalue weighted by Crippen LogP contribution is 2.25. The molecular weight excluding hydrogens is 243 g/mol. The number of nitriles is 1. The zero-order valence-corrected chi connectivity index (χ0v) is 9.28. The Morgan fingerprint density at radius 1 is 1.24 bits per heavy atom. The molecule has 0 N–H and O–H groups in total. The van der Waals surface area contributed by atoms with Crippen LogP contribution in [0.3, 0.4) is 0 Å². The first-order valence-corrected chi connectivity index (χ1v) is 5.06. The van der Waals surface area contributed by atoms with E-state index in [1.165, 1.54) is 30.5 Å². The first-order chi connectivity index (χ1) is 8.19. The molecule has 0 radical (unpaired) electrons. The van der Waals surface area contributed by atoms with Gasteiger partial charge in [-0.05, 0) is 24.3 Å². The van der Waals surface area contributed by atoms with Gasteiger partial charge in [0.2, 0.25) is 0 Å². The first-order valence-electron chi connectivity index (χ1n) is 4.68. The quantitative estimate of drug-likeness (QED) is 0.817. The average molecular weight is 249 g/mol. The Labute approximate surface area is 102 Å². The number of pyridine rings is 1. The minimum atomic E-state index is -0.503. The molecule has 0 aliphatic carbocycles. The average Bonchev–Trinajstić information content (AvgIpc) is 2.35. The molecule has 0 unspecified atom stereocenters. The Bertz CT molecular complexity index is 578. The molecule has 0 spiro atoms. The van der Waals surface area contributed by atoms with Crippen LogP contribution in [0.15, 0.2) is 36.5 Å². The first kappa shape index (κ1) is 11.4. The van der Waals surface area contributed by atoms with Gasteiger partial charge in [-0.3, -0.25) is 0 Å². The van der Waals surface area contributed by atoms with Gasteiger partial charge in [0.05, 0.1) is 11.2 Å². The largest absolute Gasteiger partial charge is 0.456 e. The number of halogens is 2. The van der Waals surface area contributed by atoms with E-state index in [1.807, 2.05) is 6.07 Å². The highest BCUT2D eigenvalue weighted by molar-refractivity contribution is 6.30. The molecule has 0 fully saturated rings. The van der Waals surface area contributed by atoms with Gasteiger partial charge in [0.15, 0.2) is 0 Å². The standard InChI is InChI=1S/C12H6ClFN2O/c13-11-5-9(3-4-12(11)14)17-10-2-1-8(6-15)16-7-10/h1-5,7H. The molecule has 0 bridgehead atoms. The van der Waals surface area contributed by atoms with Crippen LogP contribution in [0.5, 0.6) is 11.5 Å². The molecule has 84 valence electrons. The van der Waals surface area contributed by atoms with Crippen LogP contribution in [0.25, 0.3) is 0 Å². The third kappa shape index (κ3) is 2.71. The molecule has 0 aliphatic heterocycles. The number of ether oxygens (including phenoxy) is 1. The molecular formula is C12H6ClFN2O. The van der Waals surface area contributed by atoms with Crippen molar-refractivity contribution in [3.8, 4) is 17.6 Å². The van der Waals surface area contributed by atoms with Gasteiger partial charge in [-0.25, -0.2) is 9.37 Å². The van der Waals surface area contributed by atoms with E-state index >= 15 is 0 Å². The molecule has 2 aromatic rings. The summed E-state index contributed by atoms with van der Waals surface area (Å²) in [5.74, 6) is 0.353. The molecule has 0 aliphatic rings. The van der Waals surface area contributed by atoms with Crippen LogP contribution in [-0.4, -0.2) is 4.98 Å². The van der Waals surface area contributed by atoms with Gasteiger partial charge in [0.1, 0.15) is 29.1 Å². The Kier molecular flexibility index (Phi) is 3.22. The molecule has 0 saturated carbocycles. The van der Waals surface area contributed by atoms with E-state index in [4.69, 9.17) is 21.6 Å². The van der Waals surface area contributed by atoms with Gasteiger partial charge in [-0.2, -0.15) is 5.26 Å². The van der Waals surface area contributed by atoms with Gasteiger partial charge >= 0.3 is 0 Å². The number of benzene rings is 1. The van der Waals surface area contributed by atoms with Crippen molar-refractivity contribution in [3.05, 3.63) is 53.1 Å². The minimum absolute atomic E-state index is 0.0101. The molecule has 0 atom stereocenters. The maximum absolute atomic E-state index is 12.9. The van der Waals surface area contributed by atoms with Crippen molar-refractivity contribution in [1.82, 2.24) is 4.98 Å². The fourth-order valence-electron chi connectivity index (χ4n) is 1.18. The molecule has 2 rings (SSSR count). The smallest absolute Gasteiger partial charge is 0.145 e. The van der Waals surface area contributed by atoms with Crippen LogP contribution in [-0.2, 0) is 0 Å². The number of aromatic nitrogens is 1. The normalized spacial score (nSPS) is 9.71. The van der Waals surface area contributed by atoms with Crippen molar-refractivity contribution >= 4 is 11.6 Å². The van der Waals surface area contributed by atoms with Crippen molar-refractivity contribution in [2.75, 3.05) is 0 Å². The summed E-state index contributed by atoms with van der Waals surface area (Å²) in [6.45, 7) is 0. The maximum Gasteiger partial charge on any atom is 0.145 e. The van der Waals surface area contributed by atoms with Crippen molar-refractivity contribution in [2.45, 2.75) is 0 Å². The summed E-state index contributed by atoms with van der Waals surface area (Å²) < 4.78 is 18.3.